The van der Waals surface area contributed by atoms with E-state index in [9.17, 15) is 4.39 Å². The fraction of sp³-hybridized carbons (Fsp3) is 0.333. The summed E-state index contributed by atoms with van der Waals surface area (Å²) >= 11 is 0. The third-order valence-electron chi connectivity index (χ3n) is 2.37. The van der Waals surface area contributed by atoms with Gasteiger partial charge in [-0.3, -0.25) is 0 Å². The van der Waals surface area contributed by atoms with Gasteiger partial charge >= 0.3 is 0 Å². The van der Waals surface area contributed by atoms with Crippen LogP contribution in [0, 0.1) is 19.7 Å². The summed E-state index contributed by atoms with van der Waals surface area (Å²) < 4.78 is 13.7. The number of hydrogen-bond acceptors (Lipinski definition) is 5. The van der Waals surface area contributed by atoms with E-state index in [4.69, 9.17) is 0 Å². The Morgan fingerprint density at radius 3 is 2.67 bits per heavy atom. The lowest BCUT2D eigenvalue weighted by atomic mass is 10.3. The molecule has 2 aromatic rings. The highest BCUT2D eigenvalue weighted by molar-refractivity contribution is 5.53. The topological polar surface area (TPSA) is 63.6 Å². The summed E-state index contributed by atoms with van der Waals surface area (Å²) in [5.74, 6) is 0.807. The van der Waals surface area contributed by atoms with Gasteiger partial charge in [-0.25, -0.2) is 24.3 Å². The molecule has 0 radical (unpaired) electrons. The van der Waals surface area contributed by atoms with Crippen molar-refractivity contribution in [3.63, 3.8) is 0 Å². The zero-order valence-corrected chi connectivity index (χ0v) is 10.5. The second-order valence-electron chi connectivity index (χ2n) is 3.81. The molecular weight excluding hydrogens is 233 g/mol. The predicted molar refractivity (Wildman–Crippen MR) is 66.7 cm³/mol. The number of nitrogens with one attached hydrogen (secondary N) is 1. The largest absolute Gasteiger partial charge is 0.368 e. The van der Waals surface area contributed by atoms with Crippen molar-refractivity contribution in [2.45, 2.75) is 20.8 Å². The van der Waals surface area contributed by atoms with Crippen LogP contribution in [0.15, 0.2) is 12.3 Å². The van der Waals surface area contributed by atoms with Gasteiger partial charge in [0.2, 0.25) is 0 Å². The molecule has 0 saturated carbocycles. The summed E-state index contributed by atoms with van der Waals surface area (Å²) in [6, 6.07) is 1.70. The number of hydrogen-bond donors (Lipinski definition) is 1. The van der Waals surface area contributed by atoms with E-state index in [1.54, 1.807) is 26.1 Å². The van der Waals surface area contributed by atoms with Crippen LogP contribution in [0.1, 0.15) is 18.4 Å². The molecule has 0 unspecified atom stereocenters. The fourth-order valence-corrected chi connectivity index (χ4v) is 1.54. The molecule has 0 amide bonds. The van der Waals surface area contributed by atoms with E-state index in [0.717, 1.165) is 0 Å². The predicted octanol–water partition coefficient (Wildman–Crippen LogP) is 2.12. The lowest BCUT2D eigenvalue weighted by Gasteiger charge is -2.08. The minimum absolute atomic E-state index is 0.205. The van der Waals surface area contributed by atoms with Gasteiger partial charge in [0.15, 0.2) is 17.5 Å². The van der Waals surface area contributed by atoms with Gasteiger partial charge in [0.05, 0.1) is 5.69 Å². The average Bonchev–Trinajstić information content (AvgIpc) is 2.35. The number of aromatic nitrogens is 4. The maximum absolute atomic E-state index is 13.7. The van der Waals surface area contributed by atoms with Crippen LogP contribution in [-0.4, -0.2) is 26.5 Å². The summed E-state index contributed by atoms with van der Waals surface area (Å²) in [5, 5.41) is 2.87. The lowest BCUT2D eigenvalue weighted by Crippen LogP contribution is -2.07. The van der Waals surface area contributed by atoms with Crippen LogP contribution in [0.25, 0.3) is 11.5 Å². The van der Waals surface area contributed by atoms with Crippen LogP contribution in [0.2, 0.25) is 0 Å². The van der Waals surface area contributed by atoms with Crippen molar-refractivity contribution in [3.05, 3.63) is 29.6 Å². The smallest absolute Gasteiger partial charge is 0.186 e. The van der Waals surface area contributed by atoms with Gasteiger partial charge in [0.25, 0.3) is 0 Å². The zero-order valence-electron chi connectivity index (χ0n) is 10.5. The first kappa shape index (κ1) is 12.3. The van der Waals surface area contributed by atoms with Crippen LogP contribution in [0.4, 0.5) is 10.2 Å². The van der Waals surface area contributed by atoms with Crippen LogP contribution in [0.5, 0.6) is 0 Å². The Bertz CT molecular complexity index is 570. The second kappa shape index (κ2) is 5.03. The third kappa shape index (κ3) is 2.42. The summed E-state index contributed by atoms with van der Waals surface area (Å²) in [5.41, 5.74) is 0.886. The standard InChI is InChI=1S/C12H14FN5/c1-4-14-12-10(13)7(2)16-11(18-12)9-5-6-15-8(3)17-9/h5-6H,4H2,1-3H3,(H,14,16,18). The Balaban J connectivity index is 2.51. The Labute approximate surface area is 105 Å². The maximum Gasteiger partial charge on any atom is 0.186 e. The minimum Gasteiger partial charge on any atom is -0.368 e. The van der Waals surface area contributed by atoms with Gasteiger partial charge in [-0.1, -0.05) is 0 Å². The van der Waals surface area contributed by atoms with E-state index in [0.29, 0.717) is 29.6 Å². The van der Waals surface area contributed by atoms with Gasteiger partial charge in [-0.2, -0.15) is 0 Å². The molecule has 0 fully saturated rings. The van der Waals surface area contributed by atoms with Gasteiger partial charge in [-0.05, 0) is 26.8 Å². The van der Waals surface area contributed by atoms with Gasteiger partial charge in [0, 0.05) is 12.7 Å². The van der Waals surface area contributed by atoms with Gasteiger partial charge in [0.1, 0.15) is 11.5 Å². The van der Waals surface area contributed by atoms with Crippen molar-refractivity contribution >= 4 is 5.82 Å². The van der Waals surface area contributed by atoms with Crippen molar-refractivity contribution in [2.24, 2.45) is 0 Å². The molecule has 94 valence electrons. The minimum atomic E-state index is -0.425. The Morgan fingerprint density at radius 2 is 2.00 bits per heavy atom. The average molecular weight is 247 g/mol. The molecule has 6 heteroatoms. The van der Waals surface area contributed by atoms with Gasteiger partial charge < -0.3 is 5.32 Å². The molecule has 0 spiro atoms. The van der Waals surface area contributed by atoms with Gasteiger partial charge in [-0.15, -0.1) is 0 Å². The first-order valence-electron chi connectivity index (χ1n) is 5.70. The number of rotatable bonds is 3. The molecule has 2 aromatic heterocycles. The Hall–Kier alpha value is -2.11. The third-order valence-corrected chi connectivity index (χ3v) is 2.37. The lowest BCUT2D eigenvalue weighted by molar-refractivity contribution is 0.606. The van der Waals surface area contributed by atoms with Crippen LogP contribution < -0.4 is 5.32 Å². The van der Waals surface area contributed by atoms with Crippen LogP contribution >= 0.6 is 0 Å². The van der Waals surface area contributed by atoms with E-state index in [2.05, 4.69) is 25.3 Å². The zero-order chi connectivity index (χ0) is 13.1. The molecule has 0 saturated heterocycles. The van der Waals surface area contributed by atoms with Crippen molar-refractivity contribution in [1.82, 2.24) is 19.9 Å². The summed E-state index contributed by atoms with van der Waals surface area (Å²) in [6.45, 7) is 5.86. The highest BCUT2D eigenvalue weighted by Crippen LogP contribution is 2.19. The first-order chi connectivity index (χ1) is 8.61. The van der Waals surface area contributed by atoms with Crippen molar-refractivity contribution < 1.29 is 4.39 Å². The molecule has 2 heterocycles. The van der Waals surface area contributed by atoms with E-state index in [-0.39, 0.29) is 5.82 Å². The summed E-state index contributed by atoms with van der Waals surface area (Å²) in [7, 11) is 0. The van der Waals surface area contributed by atoms with Crippen LogP contribution in [0.3, 0.4) is 0 Å². The number of nitrogens with zero attached hydrogens (tertiary/aromatic N) is 4. The quantitative estimate of drug-likeness (QED) is 0.900. The Morgan fingerprint density at radius 1 is 1.22 bits per heavy atom. The summed E-state index contributed by atoms with van der Waals surface area (Å²) in [4.78, 5) is 16.5. The SMILES string of the molecule is CCNc1nc(-c2ccnc(C)n2)nc(C)c1F. The van der Waals surface area contributed by atoms with Crippen molar-refractivity contribution in [2.75, 3.05) is 11.9 Å². The molecule has 2 rings (SSSR count). The molecule has 0 aliphatic carbocycles. The molecule has 0 aliphatic rings. The number of anilines is 1. The number of halogens is 1. The fourth-order valence-electron chi connectivity index (χ4n) is 1.54. The highest BCUT2D eigenvalue weighted by Gasteiger charge is 2.12. The molecule has 0 aromatic carbocycles. The molecule has 0 atom stereocenters. The summed E-state index contributed by atoms with van der Waals surface area (Å²) in [6.07, 6.45) is 1.63. The molecule has 1 N–H and O–H groups in total. The second-order valence-corrected chi connectivity index (χ2v) is 3.81. The normalized spacial score (nSPS) is 10.4. The molecular formula is C12H14FN5. The van der Waals surface area contributed by atoms with Crippen molar-refractivity contribution in [3.8, 4) is 11.5 Å². The van der Waals surface area contributed by atoms with E-state index < -0.39 is 5.82 Å². The first-order valence-corrected chi connectivity index (χ1v) is 5.70. The Kier molecular flexibility index (Phi) is 3.45. The molecule has 5 nitrogen and oxygen atoms in total. The molecule has 18 heavy (non-hydrogen) atoms. The molecule has 0 aliphatic heterocycles. The number of aryl methyl sites for hydroxylation is 2. The van der Waals surface area contributed by atoms with Crippen molar-refractivity contribution in [1.29, 1.82) is 0 Å². The van der Waals surface area contributed by atoms with E-state index >= 15 is 0 Å². The highest BCUT2D eigenvalue weighted by atomic mass is 19.1. The maximum atomic E-state index is 13.7. The molecule has 0 bridgehead atoms. The van der Waals surface area contributed by atoms with E-state index in [1.165, 1.54) is 0 Å². The monoisotopic (exact) mass is 247 g/mol. The van der Waals surface area contributed by atoms with E-state index in [1.807, 2.05) is 6.92 Å². The van der Waals surface area contributed by atoms with Crippen LogP contribution in [-0.2, 0) is 0 Å².